The first-order valence-corrected chi connectivity index (χ1v) is 5.89. The molecule has 2 fully saturated rings. The fraction of sp³-hybridized carbons (Fsp3) is 1.00. The Labute approximate surface area is 85.6 Å². The molecule has 2 rings (SSSR count). The van der Waals surface area contributed by atoms with Crippen LogP contribution in [0.15, 0.2) is 0 Å². The first-order valence-electron chi connectivity index (χ1n) is 5.45. The zero-order valence-electron chi connectivity index (χ0n) is 8.14. The Morgan fingerprint density at radius 3 is 2.23 bits per heavy atom. The van der Waals surface area contributed by atoms with Crippen molar-refractivity contribution >= 4 is 11.6 Å². The molecule has 1 heterocycles. The monoisotopic (exact) mass is 202 g/mol. The van der Waals surface area contributed by atoms with Crippen LogP contribution in [0.2, 0.25) is 0 Å². The summed E-state index contributed by atoms with van der Waals surface area (Å²) in [6, 6.07) is 0.831. The molecule has 0 spiro atoms. The van der Waals surface area contributed by atoms with Crippen LogP contribution in [-0.4, -0.2) is 42.5 Å². The van der Waals surface area contributed by atoms with Crippen molar-refractivity contribution in [1.29, 1.82) is 0 Å². The normalized spacial score (nSPS) is 37.6. The van der Waals surface area contributed by atoms with Crippen LogP contribution in [0, 0.1) is 0 Å². The fourth-order valence-corrected chi connectivity index (χ4v) is 2.70. The van der Waals surface area contributed by atoms with Gasteiger partial charge < -0.3 is 5.32 Å². The third-order valence-corrected chi connectivity index (χ3v) is 3.73. The maximum Gasteiger partial charge on any atom is 0.0337 e. The Kier molecular flexibility index (Phi) is 3.47. The van der Waals surface area contributed by atoms with Crippen molar-refractivity contribution in [1.82, 2.24) is 10.2 Å². The number of piperazine rings is 1. The van der Waals surface area contributed by atoms with E-state index in [0.717, 1.165) is 6.04 Å². The number of nitrogens with one attached hydrogen (secondary N) is 1. The summed E-state index contributed by atoms with van der Waals surface area (Å²) >= 11 is 6.09. The van der Waals surface area contributed by atoms with Gasteiger partial charge in [0.2, 0.25) is 0 Å². The van der Waals surface area contributed by atoms with Crippen molar-refractivity contribution in [2.24, 2.45) is 0 Å². The van der Waals surface area contributed by atoms with Crippen LogP contribution in [0.1, 0.15) is 25.7 Å². The molecular weight excluding hydrogens is 184 g/mol. The van der Waals surface area contributed by atoms with Crippen LogP contribution in [0.3, 0.4) is 0 Å². The van der Waals surface area contributed by atoms with Crippen LogP contribution in [0.5, 0.6) is 0 Å². The molecule has 0 aromatic carbocycles. The lowest BCUT2D eigenvalue weighted by Crippen LogP contribution is -2.49. The lowest BCUT2D eigenvalue weighted by molar-refractivity contribution is 0.140. The summed E-state index contributed by atoms with van der Waals surface area (Å²) in [5, 5.41) is 3.85. The third-order valence-electron chi connectivity index (χ3n) is 3.29. The van der Waals surface area contributed by atoms with Crippen molar-refractivity contribution in [3.05, 3.63) is 0 Å². The fourth-order valence-electron chi connectivity index (χ4n) is 2.45. The molecule has 1 saturated heterocycles. The highest BCUT2D eigenvalue weighted by Gasteiger charge is 2.25. The predicted octanol–water partition coefficient (Wildman–Crippen LogP) is 1.44. The molecule has 76 valence electrons. The Hall–Kier alpha value is 0.210. The minimum absolute atomic E-state index is 0.458. The summed E-state index contributed by atoms with van der Waals surface area (Å²) in [7, 11) is 0. The highest BCUT2D eigenvalue weighted by molar-refractivity contribution is 6.20. The van der Waals surface area contributed by atoms with Gasteiger partial charge in [0.25, 0.3) is 0 Å². The zero-order chi connectivity index (χ0) is 9.10. The third kappa shape index (κ3) is 2.58. The van der Waals surface area contributed by atoms with Crippen molar-refractivity contribution in [2.45, 2.75) is 37.1 Å². The molecule has 0 radical (unpaired) electrons. The number of rotatable bonds is 1. The summed E-state index contributed by atoms with van der Waals surface area (Å²) < 4.78 is 0. The van der Waals surface area contributed by atoms with Crippen LogP contribution >= 0.6 is 11.6 Å². The maximum atomic E-state index is 6.09. The average Bonchev–Trinajstić information content (AvgIpc) is 2.20. The van der Waals surface area contributed by atoms with E-state index in [9.17, 15) is 0 Å². The summed E-state index contributed by atoms with van der Waals surface area (Å²) in [5.74, 6) is 0. The molecule has 3 heteroatoms. The number of hydrogen-bond acceptors (Lipinski definition) is 2. The largest absolute Gasteiger partial charge is 0.314 e. The molecule has 1 N–H and O–H groups in total. The lowest BCUT2D eigenvalue weighted by Gasteiger charge is -2.38. The Morgan fingerprint density at radius 2 is 1.62 bits per heavy atom. The molecule has 1 saturated carbocycles. The van der Waals surface area contributed by atoms with Crippen LogP contribution < -0.4 is 5.32 Å². The van der Waals surface area contributed by atoms with Crippen LogP contribution in [0.4, 0.5) is 0 Å². The van der Waals surface area contributed by atoms with Gasteiger partial charge in [-0.05, 0) is 25.7 Å². The topological polar surface area (TPSA) is 15.3 Å². The molecule has 2 aliphatic rings. The van der Waals surface area contributed by atoms with E-state index in [2.05, 4.69) is 10.2 Å². The second-order valence-corrected chi connectivity index (χ2v) is 4.81. The van der Waals surface area contributed by atoms with Crippen molar-refractivity contribution in [3.8, 4) is 0 Å². The highest BCUT2D eigenvalue weighted by Crippen LogP contribution is 2.26. The molecule has 0 atom stereocenters. The number of hydrogen-bond donors (Lipinski definition) is 1. The van der Waals surface area contributed by atoms with Gasteiger partial charge in [0, 0.05) is 37.6 Å². The van der Waals surface area contributed by atoms with Gasteiger partial charge in [-0.3, -0.25) is 4.90 Å². The van der Waals surface area contributed by atoms with E-state index in [1.54, 1.807) is 0 Å². The number of alkyl halides is 1. The second-order valence-electron chi connectivity index (χ2n) is 4.19. The van der Waals surface area contributed by atoms with Gasteiger partial charge in [-0.1, -0.05) is 0 Å². The maximum absolute atomic E-state index is 6.09. The summed E-state index contributed by atoms with van der Waals surface area (Å²) in [6.45, 7) is 4.80. The molecule has 0 amide bonds. The molecule has 2 nitrogen and oxygen atoms in total. The standard InChI is InChI=1S/C10H19ClN2/c11-9-1-3-10(4-2-9)13-7-5-12-6-8-13/h9-10,12H,1-8H2. The molecule has 0 bridgehead atoms. The van der Waals surface area contributed by atoms with Gasteiger partial charge in [0.1, 0.15) is 0 Å². The second kappa shape index (κ2) is 4.63. The molecular formula is C10H19ClN2. The molecule has 0 unspecified atom stereocenters. The first kappa shape index (κ1) is 9.75. The van der Waals surface area contributed by atoms with Gasteiger partial charge in [0.15, 0.2) is 0 Å². The highest BCUT2D eigenvalue weighted by atomic mass is 35.5. The van der Waals surface area contributed by atoms with Gasteiger partial charge in [-0.25, -0.2) is 0 Å². The smallest absolute Gasteiger partial charge is 0.0337 e. The number of halogens is 1. The lowest BCUT2D eigenvalue weighted by atomic mass is 9.93. The summed E-state index contributed by atoms with van der Waals surface area (Å²) in [4.78, 5) is 2.64. The quantitative estimate of drug-likeness (QED) is 0.648. The van der Waals surface area contributed by atoms with E-state index in [1.165, 1.54) is 51.9 Å². The Bertz CT molecular complexity index is 149. The van der Waals surface area contributed by atoms with Crippen molar-refractivity contribution in [3.63, 3.8) is 0 Å². The molecule has 13 heavy (non-hydrogen) atoms. The van der Waals surface area contributed by atoms with E-state index in [4.69, 9.17) is 11.6 Å². The van der Waals surface area contributed by atoms with Gasteiger partial charge in [0.05, 0.1) is 0 Å². The van der Waals surface area contributed by atoms with E-state index < -0.39 is 0 Å². The van der Waals surface area contributed by atoms with E-state index in [1.807, 2.05) is 0 Å². The van der Waals surface area contributed by atoms with Crippen LogP contribution in [-0.2, 0) is 0 Å². The summed E-state index contributed by atoms with van der Waals surface area (Å²) in [5.41, 5.74) is 0. The Balaban J connectivity index is 1.79. The van der Waals surface area contributed by atoms with E-state index in [-0.39, 0.29) is 0 Å². The number of nitrogens with zero attached hydrogens (tertiary/aromatic N) is 1. The minimum Gasteiger partial charge on any atom is -0.314 e. The molecule has 0 aromatic heterocycles. The van der Waals surface area contributed by atoms with Crippen LogP contribution in [0.25, 0.3) is 0 Å². The van der Waals surface area contributed by atoms with E-state index in [0.29, 0.717) is 5.38 Å². The molecule has 0 aromatic rings. The zero-order valence-corrected chi connectivity index (χ0v) is 8.89. The minimum atomic E-state index is 0.458. The molecule has 1 aliphatic heterocycles. The Morgan fingerprint density at radius 1 is 1.00 bits per heavy atom. The molecule has 1 aliphatic carbocycles. The van der Waals surface area contributed by atoms with Gasteiger partial charge >= 0.3 is 0 Å². The predicted molar refractivity (Wildman–Crippen MR) is 56.3 cm³/mol. The van der Waals surface area contributed by atoms with Gasteiger partial charge in [-0.15, -0.1) is 11.6 Å². The summed E-state index contributed by atoms with van der Waals surface area (Å²) in [6.07, 6.45) is 5.06. The van der Waals surface area contributed by atoms with Gasteiger partial charge in [-0.2, -0.15) is 0 Å². The van der Waals surface area contributed by atoms with Crippen molar-refractivity contribution < 1.29 is 0 Å². The van der Waals surface area contributed by atoms with Crippen molar-refractivity contribution in [2.75, 3.05) is 26.2 Å². The SMILES string of the molecule is ClC1CCC(N2CCNCC2)CC1. The average molecular weight is 203 g/mol. The first-order chi connectivity index (χ1) is 6.36. The van der Waals surface area contributed by atoms with E-state index >= 15 is 0 Å².